The second kappa shape index (κ2) is 6.91. The van der Waals surface area contributed by atoms with Crippen molar-refractivity contribution in [3.05, 3.63) is 34.3 Å². The van der Waals surface area contributed by atoms with Crippen molar-refractivity contribution in [1.29, 1.82) is 0 Å². The summed E-state index contributed by atoms with van der Waals surface area (Å²) in [6.45, 7) is 3.42. The van der Waals surface area contributed by atoms with E-state index in [-0.39, 0.29) is 29.2 Å². The Morgan fingerprint density at radius 2 is 2.04 bits per heavy atom. The molecule has 0 amide bonds. The number of rotatable bonds is 4. The normalized spacial score (nSPS) is 17.4. The molecule has 0 saturated carbocycles. The van der Waals surface area contributed by atoms with Crippen molar-refractivity contribution in [2.75, 3.05) is 13.1 Å². The molecule has 0 bridgehead atoms. The fourth-order valence-corrected chi connectivity index (χ4v) is 2.95. The van der Waals surface area contributed by atoms with Gasteiger partial charge in [-0.1, -0.05) is 0 Å². The molecule has 1 atom stereocenters. The Bertz CT molecular complexity index is 779. The molecule has 0 aliphatic carbocycles. The Kier molecular flexibility index (Phi) is 4.85. The number of ether oxygens (including phenoxy) is 1. The van der Waals surface area contributed by atoms with Gasteiger partial charge >= 0.3 is 11.9 Å². The number of nitrogens with zero attached hydrogens (tertiary/aromatic N) is 1. The summed E-state index contributed by atoms with van der Waals surface area (Å²) in [5.41, 5.74) is -0.631. The highest BCUT2D eigenvalue weighted by atomic mass is 19.4. The van der Waals surface area contributed by atoms with Gasteiger partial charge in [-0.05, 0) is 57.0 Å². The van der Waals surface area contributed by atoms with E-state index in [1.54, 1.807) is 6.92 Å². The topological polar surface area (TPSA) is 80.2 Å². The Balaban J connectivity index is 1.91. The minimum absolute atomic E-state index is 0.0851. The van der Waals surface area contributed by atoms with Gasteiger partial charge in [0, 0.05) is 5.56 Å². The van der Waals surface area contributed by atoms with E-state index in [1.807, 2.05) is 0 Å². The molecule has 1 aliphatic heterocycles. The number of hydrogen-bond acceptors (Lipinski definition) is 5. The molecule has 1 aromatic carbocycles. The van der Waals surface area contributed by atoms with Gasteiger partial charge in [0.2, 0.25) is 5.89 Å². The smallest absolute Gasteiger partial charge is 0.434 e. The molecule has 3 rings (SSSR count). The minimum atomic E-state index is -4.55. The van der Waals surface area contributed by atoms with E-state index in [9.17, 15) is 18.0 Å². The summed E-state index contributed by atoms with van der Waals surface area (Å²) in [4.78, 5) is 11.1. The SMILES string of the molecule is CC(Oc1cc(-c2n[nH]c(=O)o2)ccc1C(F)(F)F)C1CCNCC1. The number of aromatic amines is 1. The molecule has 2 heterocycles. The number of aromatic nitrogens is 2. The summed E-state index contributed by atoms with van der Waals surface area (Å²) >= 11 is 0. The zero-order chi connectivity index (χ0) is 18.0. The summed E-state index contributed by atoms with van der Waals surface area (Å²) in [6.07, 6.45) is -3.23. The molecule has 9 heteroatoms. The number of hydrogen-bond donors (Lipinski definition) is 2. The molecule has 2 aromatic rings. The number of alkyl halides is 3. The van der Waals surface area contributed by atoms with Gasteiger partial charge in [0.25, 0.3) is 0 Å². The number of halogens is 3. The second-order valence-electron chi connectivity index (χ2n) is 6.04. The molecule has 1 aromatic heterocycles. The van der Waals surface area contributed by atoms with E-state index in [2.05, 4.69) is 15.5 Å². The third-order valence-electron chi connectivity index (χ3n) is 4.33. The summed E-state index contributed by atoms with van der Waals surface area (Å²) in [5.74, 6) is -0.977. The zero-order valence-electron chi connectivity index (χ0n) is 13.5. The molecule has 2 N–H and O–H groups in total. The van der Waals surface area contributed by atoms with Crippen molar-refractivity contribution in [1.82, 2.24) is 15.5 Å². The van der Waals surface area contributed by atoms with E-state index < -0.39 is 17.5 Å². The maximum absolute atomic E-state index is 13.3. The Labute approximate surface area is 141 Å². The van der Waals surface area contributed by atoms with Crippen LogP contribution in [0.2, 0.25) is 0 Å². The van der Waals surface area contributed by atoms with Gasteiger partial charge in [0.1, 0.15) is 5.75 Å². The molecule has 0 radical (unpaired) electrons. The maximum Gasteiger partial charge on any atom is 0.434 e. The molecule has 6 nitrogen and oxygen atoms in total. The Morgan fingerprint density at radius 1 is 1.32 bits per heavy atom. The monoisotopic (exact) mass is 357 g/mol. The van der Waals surface area contributed by atoms with Gasteiger partial charge < -0.3 is 14.5 Å². The van der Waals surface area contributed by atoms with Crippen LogP contribution in [0.25, 0.3) is 11.5 Å². The lowest BCUT2D eigenvalue weighted by Crippen LogP contribution is -2.35. The third-order valence-corrected chi connectivity index (χ3v) is 4.33. The summed E-state index contributed by atoms with van der Waals surface area (Å²) in [5, 5.41) is 8.93. The fraction of sp³-hybridized carbons (Fsp3) is 0.500. The van der Waals surface area contributed by atoms with Gasteiger partial charge in [-0.25, -0.2) is 9.89 Å². The van der Waals surface area contributed by atoms with Gasteiger partial charge in [-0.15, -0.1) is 5.10 Å². The van der Waals surface area contributed by atoms with Crippen LogP contribution in [0.1, 0.15) is 25.3 Å². The van der Waals surface area contributed by atoms with Gasteiger partial charge in [-0.2, -0.15) is 13.2 Å². The van der Waals surface area contributed by atoms with Crippen LogP contribution in [0.3, 0.4) is 0 Å². The molecule has 1 fully saturated rings. The molecule has 136 valence electrons. The van der Waals surface area contributed by atoms with Crippen molar-refractivity contribution in [2.45, 2.75) is 32.0 Å². The van der Waals surface area contributed by atoms with Crippen molar-refractivity contribution in [3.8, 4) is 17.2 Å². The van der Waals surface area contributed by atoms with E-state index in [1.165, 1.54) is 12.1 Å². The first kappa shape index (κ1) is 17.5. The van der Waals surface area contributed by atoms with Gasteiger partial charge in [-0.3, -0.25) is 0 Å². The van der Waals surface area contributed by atoms with Crippen LogP contribution in [0.15, 0.2) is 27.4 Å². The number of benzene rings is 1. The lowest BCUT2D eigenvalue weighted by atomic mass is 9.93. The standard InChI is InChI=1S/C16H18F3N3O3/c1-9(10-4-6-20-7-5-10)24-13-8-11(14-21-22-15(23)25-14)2-3-12(13)16(17,18)19/h2-3,8-10,20H,4-7H2,1H3,(H,22,23). The van der Waals surface area contributed by atoms with E-state index in [0.717, 1.165) is 32.0 Å². The predicted molar refractivity (Wildman–Crippen MR) is 83.2 cm³/mol. The van der Waals surface area contributed by atoms with Crippen molar-refractivity contribution < 1.29 is 22.3 Å². The summed E-state index contributed by atoms with van der Waals surface area (Å²) in [7, 11) is 0. The highest BCUT2D eigenvalue weighted by molar-refractivity contribution is 5.58. The number of H-pyrrole nitrogens is 1. The van der Waals surface area contributed by atoms with Crippen LogP contribution < -0.4 is 15.8 Å². The lowest BCUT2D eigenvalue weighted by Gasteiger charge is -2.29. The minimum Gasteiger partial charge on any atom is -0.490 e. The molecule has 0 spiro atoms. The quantitative estimate of drug-likeness (QED) is 0.880. The highest BCUT2D eigenvalue weighted by Gasteiger charge is 2.35. The molecule has 1 saturated heterocycles. The zero-order valence-corrected chi connectivity index (χ0v) is 13.5. The average Bonchev–Trinajstić information content (AvgIpc) is 3.01. The molecular weight excluding hydrogens is 339 g/mol. The summed E-state index contributed by atoms with van der Waals surface area (Å²) in [6, 6.07) is 3.32. The Morgan fingerprint density at radius 3 is 2.64 bits per heavy atom. The second-order valence-corrected chi connectivity index (χ2v) is 6.04. The number of piperidine rings is 1. The molecule has 1 unspecified atom stereocenters. The van der Waals surface area contributed by atoms with E-state index >= 15 is 0 Å². The van der Waals surface area contributed by atoms with Crippen molar-refractivity contribution in [3.63, 3.8) is 0 Å². The first-order valence-electron chi connectivity index (χ1n) is 7.99. The van der Waals surface area contributed by atoms with Gasteiger partial charge in [0.15, 0.2) is 0 Å². The van der Waals surface area contributed by atoms with Crippen LogP contribution in [0.4, 0.5) is 13.2 Å². The lowest BCUT2D eigenvalue weighted by molar-refractivity contribution is -0.139. The molecule has 1 aliphatic rings. The largest absolute Gasteiger partial charge is 0.490 e. The summed E-state index contributed by atoms with van der Waals surface area (Å²) < 4.78 is 50.4. The van der Waals surface area contributed by atoms with Crippen molar-refractivity contribution in [2.24, 2.45) is 5.92 Å². The maximum atomic E-state index is 13.3. The van der Waals surface area contributed by atoms with E-state index in [0.29, 0.717) is 0 Å². The number of nitrogens with one attached hydrogen (secondary N) is 2. The van der Waals surface area contributed by atoms with Crippen molar-refractivity contribution >= 4 is 0 Å². The molecule has 25 heavy (non-hydrogen) atoms. The van der Waals surface area contributed by atoms with Crippen LogP contribution in [-0.4, -0.2) is 29.4 Å². The van der Waals surface area contributed by atoms with Gasteiger partial charge in [0.05, 0.1) is 11.7 Å². The fourth-order valence-electron chi connectivity index (χ4n) is 2.95. The first-order chi connectivity index (χ1) is 11.8. The highest BCUT2D eigenvalue weighted by Crippen LogP contribution is 2.39. The van der Waals surface area contributed by atoms with Crippen LogP contribution in [-0.2, 0) is 6.18 Å². The van der Waals surface area contributed by atoms with Crippen LogP contribution >= 0.6 is 0 Å². The van der Waals surface area contributed by atoms with E-state index in [4.69, 9.17) is 9.15 Å². The van der Waals surface area contributed by atoms with Crippen LogP contribution in [0, 0.1) is 5.92 Å². The predicted octanol–water partition coefficient (Wildman–Crippen LogP) is 2.82. The first-order valence-corrected chi connectivity index (χ1v) is 7.99. The molecular formula is C16H18F3N3O3. The third kappa shape index (κ3) is 4.04. The average molecular weight is 357 g/mol. The Hall–Kier alpha value is -2.29. The van der Waals surface area contributed by atoms with Crippen LogP contribution in [0.5, 0.6) is 5.75 Å².